The lowest BCUT2D eigenvalue weighted by atomic mass is 9.98. The van der Waals surface area contributed by atoms with Gasteiger partial charge >= 0.3 is 0 Å². The van der Waals surface area contributed by atoms with Crippen molar-refractivity contribution in [1.82, 2.24) is 20.6 Å². The molecule has 10 heteroatoms. The van der Waals surface area contributed by atoms with E-state index in [4.69, 9.17) is 25.8 Å². The maximum Gasteiger partial charge on any atom is 0.255 e. The second-order valence-corrected chi connectivity index (χ2v) is 9.87. The van der Waals surface area contributed by atoms with Crippen LogP contribution in [0.5, 0.6) is 11.5 Å². The van der Waals surface area contributed by atoms with E-state index in [1.54, 1.807) is 25.6 Å². The van der Waals surface area contributed by atoms with Crippen molar-refractivity contribution in [1.29, 1.82) is 0 Å². The molecular weight excluding hydrogens is 482 g/mol. The first kappa shape index (κ1) is 23.1. The lowest BCUT2D eigenvalue weighted by molar-refractivity contribution is 0.000245. The number of amides is 1. The zero-order valence-electron chi connectivity index (χ0n) is 19.9. The molecule has 36 heavy (non-hydrogen) atoms. The number of anilines is 2. The molecule has 1 spiro atoms. The standard InChI is InChI=1S/C26H28ClN5O4/c1-34-24-17(27)3-2-4-18(24)30-23-21-19(11-26(6-7-26)32-25(21)33)31-22(23)16-5-8-28-13-20(16)36-14-15-12-29-9-10-35-15/h2-5,8,13,15,29-31H,6-7,9-12,14H2,1H3,(H,32,33)/t15-/m0/s1. The SMILES string of the molecule is COc1c(Cl)cccc1Nc1c(-c2ccncc2OC[C@@H]2CNCCO2)[nH]c2c1C(=O)NC1(CC1)C2. The Morgan fingerprint density at radius 2 is 2.19 bits per heavy atom. The first-order chi connectivity index (χ1) is 17.6. The van der Waals surface area contributed by atoms with Crippen molar-refractivity contribution in [2.24, 2.45) is 0 Å². The molecule has 4 heterocycles. The molecule has 2 fully saturated rings. The van der Waals surface area contributed by atoms with Crippen LogP contribution in [0.3, 0.4) is 0 Å². The Balaban J connectivity index is 1.42. The third kappa shape index (κ3) is 4.27. The Bertz CT molecular complexity index is 1300. The number of H-pyrrole nitrogens is 1. The minimum absolute atomic E-state index is 0.0440. The number of rotatable bonds is 7. The average Bonchev–Trinajstić information content (AvgIpc) is 3.53. The fourth-order valence-electron chi connectivity index (χ4n) is 4.96. The van der Waals surface area contributed by atoms with Crippen molar-refractivity contribution in [3.63, 3.8) is 0 Å². The summed E-state index contributed by atoms with van der Waals surface area (Å²) in [5.41, 5.74) is 4.19. The smallest absolute Gasteiger partial charge is 0.255 e. The highest BCUT2D eigenvalue weighted by Crippen LogP contribution is 2.48. The Kier molecular flexibility index (Phi) is 5.99. The van der Waals surface area contributed by atoms with Gasteiger partial charge < -0.3 is 35.1 Å². The number of benzene rings is 1. The topological polar surface area (TPSA) is 110 Å². The molecule has 1 atom stereocenters. The van der Waals surface area contributed by atoms with Crippen LogP contribution in [-0.4, -0.2) is 60.9 Å². The Morgan fingerprint density at radius 1 is 1.31 bits per heavy atom. The number of carbonyl (C=O) groups is 1. The number of carbonyl (C=O) groups excluding carboxylic acids is 1. The molecule has 188 valence electrons. The van der Waals surface area contributed by atoms with Crippen LogP contribution in [0.15, 0.2) is 36.7 Å². The van der Waals surface area contributed by atoms with Crippen molar-refractivity contribution in [2.45, 2.75) is 30.9 Å². The number of hydrogen-bond donors (Lipinski definition) is 4. The molecule has 1 amide bonds. The number of nitrogens with zero attached hydrogens (tertiary/aromatic N) is 1. The molecule has 1 aliphatic carbocycles. The molecule has 0 bridgehead atoms. The summed E-state index contributed by atoms with van der Waals surface area (Å²) in [6.45, 7) is 2.62. The summed E-state index contributed by atoms with van der Waals surface area (Å²) in [6.07, 6.45) is 6.08. The van der Waals surface area contributed by atoms with E-state index in [9.17, 15) is 4.79 Å². The molecule has 4 N–H and O–H groups in total. The van der Waals surface area contributed by atoms with E-state index in [0.717, 1.165) is 49.3 Å². The van der Waals surface area contributed by atoms with Crippen molar-refractivity contribution < 1.29 is 19.0 Å². The van der Waals surface area contributed by atoms with Crippen LogP contribution < -0.4 is 25.4 Å². The number of hydrogen-bond acceptors (Lipinski definition) is 7. The molecule has 2 aromatic heterocycles. The summed E-state index contributed by atoms with van der Waals surface area (Å²) in [5.74, 6) is 1.01. The van der Waals surface area contributed by atoms with Gasteiger partial charge in [-0.15, -0.1) is 0 Å². The minimum Gasteiger partial charge on any atom is -0.493 e. The number of fused-ring (bicyclic) bond motifs is 1. The third-order valence-corrected chi connectivity index (χ3v) is 7.26. The fraction of sp³-hybridized carbons (Fsp3) is 0.385. The maximum absolute atomic E-state index is 13.3. The number of morpholine rings is 1. The van der Waals surface area contributed by atoms with Crippen LogP contribution in [0.25, 0.3) is 11.3 Å². The fourth-order valence-corrected chi connectivity index (χ4v) is 5.21. The van der Waals surface area contributed by atoms with E-state index >= 15 is 0 Å². The van der Waals surface area contributed by atoms with Gasteiger partial charge in [0.25, 0.3) is 5.91 Å². The van der Waals surface area contributed by atoms with Crippen LogP contribution >= 0.6 is 11.6 Å². The second-order valence-electron chi connectivity index (χ2n) is 9.47. The zero-order valence-corrected chi connectivity index (χ0v) is 20.7. The zero-order chi connectivity index (χ0) is 24.7. The van der Waals surface area contributed by atoms with Crippen LogP contribution in [0, 0.1) is 0 Å². The molecule has 1 saturated heterocycles. The third-order valence-electron chi connectivity index (χ3n) is 6.97. The van der Waals surface area contributed by atoms with Gasteiger partial charge in [-0.3, -0.25) is 9.78 Å². The van der Waals surface area contributed by atoms with E-state index < -0.39 is 0 Å². The van der Waals surface area contributed by atoms with Gasteiger partial charge in [-0.25, -0.2) is 0 Å². The van der Waals surface area contributed by atoms with Crippen molar-refractivity contribution in [3.05, 3.63) is 52.9 Å². The number of halogens is 1. The number of ether oxygens (including phenoxy) is 3. The lowest BCUT2D eigenvalue weighted by Gasteiger charge is -2.24. The summed E-state index contributed by atoms with van der Waals surface area (Å²) in [6, 6.07) is 7.36. The number of nitrogens with one attached hydrogen (secondary N) is 4. The Labute approximate surface area is 213 Å². The van der Waals surface area contributed by atoms with Gasteiger partial charge in [0.05, 0.1) is 47.6 Å². The molecule has 2 aliphatic heterocycles. The van der Waals surface area contributed by atoms with E-state index in [0.29, 0.717) is 46.7 Å². The predicted octanol–water partition coefficient (Wildman–Crippen LogP) is 3.67. The number of methoxy groups -OCH3 is 1. The van der Waals surface area contributed by atoms with Crippen LogP contribution in [0.2, 0.25) is 5.02 Å². The van der Waals surface area contributed by atoms with Crippen LogP contribution in [0.1, 0.15) is 28.9 Å². The normalized spacial score (nSPS) is 19.9. The first-order valence-electron chi connectivity index (χ1n) is 12.1. The van der Waals surface area contributed by atoms with Gasteiger partial charge in [0.1, 0.15) is 18.5 Å². The van der Waals surface area contributed by atoms with E-state index in [-0.39, 0.29) is 17.6 Å². The van der Waals surface area contributed by atoms with Crippen molar-refractivity contribution >= 4 is 28.9 Å². The Morgan fingerprint density at radius 3 is 2.97 bits per heavy atom. The minimum atomic E-state index is -0.139. The average molecular weight is 510 g/mol. The summed E-state index contributed by atoms with van der Waals surface area (Å²) >= 11 is 6.39. The molecule has 9 nitrogen and oxygen atoms in total. The van der Waals surface area contributed by atoms with E-state index in [1.807, 2.05) is 18.2 Å². The van der Waals surface area contributed by atoms with Gasteiger partial charge in [-0.1, -0.05) is 17.7 Å². The van der Waals surface area contributed by atoms with E-state index in [1.165, 1.54) is 0 Å². The largest absolute Gasteiger partial charge is 0.493 e. The summed E-state index contributed by atoms with van der Waals surface area (Å²) in [5, 5.41) is 10.4. The van der Waals surface area contributed by atoms with E-state index in [2.05, 4.69) is 25.9 Å². The first-order valence-corrected chi connectivity index (χ1v) is 12.5. The molecule has 1 aromatic carbocycles. The van der Waals surface area contributed by atoms with Crippen molar-refractivity contribution in [2.75, 3.05) is 38.7 Å². The summed E-state index contributed by atoms with van der Waals surface area (Å²) < 4.78 is 17.5. The van der Waals surface area contributed by atoms with Gasteiger partial charge in [0.15, 0.2) is 5.75 Å². The Hall–Kier alpha value is -3.27. The molecule has 6 rings (SSSR count). The number of pyridine rings is 1. The maximum atomic E-state index is 13.3. The van der Waals surface area contributed by atoms with Crippen LogP contribution in [-0.2, 0) is 11.2 Å². The number of para-hydroxylation sites is 1. The highest BCUT2D eigenvalue weighted by Gasteiger charge is 2.49. The predicted molar refractivity (Wildman–Crippen MR) is 137 cm³/mol. The molecule has 0 radical (unpaired) electrons. The van der Waals surface area contributed by atoms with Gasteiger partial charge in [-0.2, -0.15) is 0 Å². The molecule has 3 aliphatic rings. The molecule has 1 saturated carbocycles. The lowest BCUT2D eigenvalue weighted by Crippen LogP contribution is -2.43. The summed E-state index contributed by atoms with van der Waals surface area (Å²) in [7, 11) is 1.57. The van der Waals surface area contributed by atoms with Crippen molar-refractivity contribution in [3.8, 4) is 22.8 Å². The quantitative estimate of drug-likeness (QED) is 0.385. The molecular formula is C26H28ClN5O4. The van der Waals surface area contributed by atoms with Gasteiger partial charge in [-0.05, 0) is 31.0 Å². The second kappa shape index (κ2) is 9.31. The van der Waals surface area contributed by atoms with Crippen LogP contribution in [0.4, 0.5) is 11.4 Å². The van der Waals surface area contributed by atoms with Gasteiger partial charge in [0.2, 0.25) is 0 Å². The highest BCUT2D eigenvalue weighted by molar-refractivity contribution is 6.32. The summed E-state index contributed by atoms with van der Waals surface area (Å²) in [4.78, 5) is 21.2. The van der Waals surface area contributed by atoms with Gasteiger partial charge in [0, 0.05) is 42.5 Å². The molecule has 3 aromatic rings. The monoisotopic (exact) mass is 509 g/mol. The number of aromatic amines is 1. The molecule has 0 unspecified atom stereocenters. The highest BCUT2D eigenvalue weighted by atomic mass is 35.5. The number of aromatic nitrogens is 2.